The van der Waals surface area contributed by atoms with Gasteiger partial charge in [-0.05, 0) is 26.7 Å². The van der Waals surface area contributed by atoms with E-state index >= 15 is 0 Å². The van der Waals surface area contributed by atoms with Crippen molar-refractivity contribution in [3.05, 3.63) is 21.0 Å². The highest BCUT2D eigenvalue weighted by atomic mass is 16.2. The standard InChI is InChI=1S/C12H20N4O2/c1-8(2)16-11(17)14-10(15-12(16)18)13-9-6-4-3-5-7-9/h8-9H,3-7H2,1-2H3,(H2,13,14,15,17,18). The van der Waals surface area contributed by atoms with Crippen molar-refractivity contribution >= 4 is 5.95 Å². The fourth-order valence-electron chi connectivity index (χ4n) is 2.39. The van der Waals surface area contributed by atoms with Gasteiger partial charge in [0.2, 0.25) is 5.95 Å². The zero-order valence-corrected chi connectivity index (χ0v) is 10.9. The lowest BCUT2D eigenvalue weighted by molar-refractivity contribution is 0.458. The maximum atomic E-state index is 11.8. The first-order chi connectivity index (χ1) is 8.58. The molecule has 0 unspecified atom stereocenters. The highest BCUT2D eigenvalue weighted by Crippen LogP contribution is 2.19. The normalized spacial score (nSPS) is 17.1. The Labute approximate surface area is 105 Å². The van der Waals surface area contributed by atoms with Crippen molar-refractivity contribution in [1.29, 1.82) is 0 Å². The van der Waals surface area contributed by atoms with Crippen LogP contribution in [0.1, 0.15) is 52.0 Å². The predicted molar refractivity (Wildman–Crippen MR) is 70.0 cm³/mol. The molecule has 0 bridgehead atoms. The molecule has 0 aromatic carbocycles. The molecule has 1 fully saturated rings. The first-order valence-electron chi connectivity index (χ1n) is 6.57. The Morgan fingerprint density at radius 3 is 2.50 bits per heavy atom. The molecular weight excluding hydrogens is 232 g/mol. The van der Waals surface area contributed by atoms with Crippen molar-refractivity contribution in [2.45, 2.75) is 58.0 Å². The molecule has 0 spiro atoms. The third kappa shape index (κ3) is 2.80. The van der Waals surface area contributed by atoms with Gasteiger partial charge in [0.15, 0.2) is 0 Å². The molecule has 0 saturated heterocycles. The van der Waals surface area contributed by atoms with Crippen LogP contribution in [0.2, 0.25) is 0 Å². The summed E-state index contributed by atoms with van der Waals surface area (Å²) < 4.78 is 1.12. The van der Waals surface area contributed by atoms with Crippen LogP contribution in [0.5, 0.6) is 0 Å². The minimum absolute atomic E-state index is 0.183. The molecule has 2 rings (SSSR count). The average molecular weight is 252 g/mol. The summed E-state index contributed by atoms with van der Waals surface area (Å²) in [6, 6.07) is 0.133. The van der Waals surface area contributed by atoms with Crippen LogP contribution in [-0.4, -0.2) is 20.6 Å². The monoisotopic (exact) mass is 252 g/mol. The smallest absolute Gasteiger partial charge is 0.353 e. The van der Waals surface area contributed by atoms with Crippen LogP contribution in [0.15, 0.2) is 9.59 Å². The van der Waals surface area contributed by atoms with Crippen molar-refractivity contribution in [3.63, 3.8) is 0 Å². The second-order valence-electron chi connectivity index (χ2n) is 5.12. The summed E-state index contributed by atoms with van der Waals surface area (Å²) >= 11 is 0. The topological polar surface area (TPSA) is 79.8 Å². The fraction of sp³-hybridized carbons (Fsp3) is 0.750. The molecule has 6 heteroatoms. The molecule has 1 aromatic rings. The quantitative estimate of drug-likeness (QED) is 0.848. The van der Waals surface area contributed by atoms with Crippen molar-refractivity contribution in [2.75, 3.05) is 5.32 Å². The van der Waals surface area contributed by atoms with E-state index in [1.165, 1.54) is 19.3 Å². The van der Waals surface area contributed by atoms with Gasteiger partial charge in [-0.3, -0.25) is 4.98 Å². The van der Waals surface area contributed by atoms with Crippen LogP contribution >= 0.6 is 0 Å². The van der Waals surface area contributed by atoms with E-state index in [-0.39, 0.29) is 6.04 Å². The molecule has 0 amide bonds. The predicted octanol–water partition coefficient (Wildman–Crippen LogP) is 1.26. The second kappa shape index (κ2) is 5.37. The van der Waals surface area contributed by atoms with Crippen LogP contribution in [0.3, 0.4) is 0 Å². The summed E-state index contributed by atoms with van der Waals surface area (Å²) in [4.78, 5) is 30.0. The van der Waals surface area contributed by atoms with Crippen LogP contribution in [0, 0.1) is 0 Å². The molecule has 1 aliphatic rings. The second-order valence-corrected chi connectivity index (χ2v) is 5.12. The van der Waals surface area contributed by atoms with Gasteiger partial charge in [0, 0.05) is 12.1 Å². The number of aromatic nitrogens is 3. The van der Waals surface area contributed by atoms with Gasteiger partial charge >= 0.3 is 11.4 Å². The Balaban J connectivity index is 2.20. The Bertz CT molecular complexity index is 480. The van der Waals surface area contributed by atoms with E-state index in [0.717, 1.165) is 17.4 Å². The van der Waals surface area contributed by atoms with Gasteiger partial charge in [-0.1, -0.05) is 19.3 Å². The van der Waals surface area contributed by atoms with E-state index < -0.39 is 11.4 Å². The number of anilines is 1. The third-order valence-electron chi connectivity index (χ3n) is 3.32. The molecular formula is C12H20N4O2. The number of aromatic amines is 1. The summed E-state index contributed by atoms with van der Waals surface area (Å²) in [5.74, 6) is 0.300. The first-order valence-corrected chi connectivity index (χ1v) is 6.57. The SMILES string of the molecule is CC(C)n1c(=O)nc(NC2CCCCC2)[nH]c1=O. The van der Waals surface area contributed by atoms with Gasteiger partial charge < -0.3 is 5.32 Å². The lowest BCUT2D eigenvalue weighted by Gasteiger charge is -2.22. The highest BCUT2D eigenvalue weighted by Gasteiger charge is 2.15. The zero-order valence-electron chi connectivity index (χ0n) is 10.9. The van der Waals surface area contributed by atoms with Gasteiger partial charge in [-0.2, -0.15) is 4.98 Å². The van der Waals surface area contributed by atoms with Crippen molar-refractivity contribution in [3.8, 4) is 0 Å². The van der Waals surface area contributed by atoms with Crippen LogP contribution in [0.4, 0.5) is 5.95 Å². The van der Waals surface area contributed by atoms with Gasteiger partial charge in [-0.25, -0.2) is 14.2 Å². The zero-order chi connectivity index (χ0) is 13.1. The molecule has 1 saturated carbocycles. The maximum Gasteiger partial charge on any atom is 0.355 e. The van der Waals surface area contributed by atoms with Crippen molar-refractivity contribution in [2.24, 2.45) is 0 Å². The van der Waals surface area contributed by atoms with Gasteiger partial charge in [0.25, 0.3) is 0 Å². The minimum atomic E-state index is -0.493. The molecule has 2 N–H and O–H groups in total. The van der Waals surface area contributed by atoms with E-state index in [1.54, 1.807) is 13.8 Å². The molecule has 18 heavy (non-hydrogen) atoms. The molecule has 0 atom stereocenters. The number of H-pyrrole nitrogens is 1. The lowest BCUT2D eigenvalue weighted by Crippen LogP contribution is -2.39. The molecule has 0 radical (unpaired) electrons. The minimum Gasteiger partial charge on any atom is -0.353 e. The third-order valence-corrected chi connectivity index (χ3v) is 3.32. The Hall–Kier alpha value is -1.59. The lowest BCUT2D eigenvalue weighted by atomic mass is 9.96. The molecule has 1 aromatic heterocycles. The van der Waals surface area contributed by atoms with E-state index in [4.69, 9.17) is 0 Å². The Morgan fingerprint density at radius 1 is 1.28 bits per heavy atom. The number of hydrogen-bond donors (Lipinski definition) is 2. The summed E-state index contributed by atoms with van der Waals surface area (Å²) in [5, 5.41) is 3.15. The number of hydrogen-bond acceptors (Lipinski definition) is 4. The summed E-state index contributed by atoms with van der Waals surface area (Å²) in [6.45, 7) is 3.57. The maximum absolute atomic E-state index is 11.8. The van der Waals surface area contributed by atoms with Gasteiger partial charge in [0.1, 0.15) is 0 Å². The van der Waals surface area contributed by atoms with Crippen molar-refractivity contribution < 1.29 is 0 Å². The number of nitrogens with one attached hydrogen (secondary N) is 2. The van der Waals surface area contributed by atoms with E-state index in [0.29, 0.717) is 12.0 Å². The van der Waals surface area contributed by atoms with Crippen LogP contribution < -0.4 is 16.7 Å². The summed E-state index contributed by atoms with van der Waals surface area (Å²) in [6.07, 6.45) is 5.76. The van der Waals surface area contributed by atoms with Gasteiger partial charge in [-0.15, -0.1) is 0 Å². The van der Waals surface area contributed by atoms with E-state index in [9.17, 15) is 9.59 Å². The Morgan fingerprint density at radius 2 is 1.94 bits per heavy atom. The summed E-state index contributed by atoms with van der Waals surface area (Å²) in [7, 11) is 0. The molecule has 6 nitrogen and oxygen atoms in total. The van der Waals surface area contributed by atoms with Crippen LogP contribution in [-0.2, 0) is 0 Å². The van der Waals surface area contributed by atoms with Gasteiger partial charge in [0.05, 0.1) is 0 Å². The van der Waals surface area contributed by atoms with Crippen LogP contribution in [0.25, 0.3) is 0 Å². The number of nitrogens with zero attached hydrogens (tertiary/aromatic N) is 2. The van der Waals surface area contributed by atoms with E-state index in [1.807, 2.05) is 0 Å². The molecule has 1 aliphatic carbocycles. The van der Waals surface area contributed by atoms with E-state index in [2.05, 4.69) is 15.3 Å². The molecule has 0 aliphatic heterocycles. The first kappa shape index (κ1) is 12.9. The largest absolute Gasteiger partial charge is 0.355 e. The molecule has 1 heterocycles. The fourth-order valence-corrected chi connectivity index (χ4v) is 2.39. The van der Waals surface area contributed by atoms with Crippen molar-refractivity contribution in [1.82, 2.24) is 14.5 Å². The highest BCUT2D eigenvalue weighted by molar-refractivity contribution is 5.23. The Kier molecular flexibility index (Phi) is 3.84. The number of rotatable bonds is 3. The summed E-state index contributed by atoms with van der Waals surface area (Å²) in [5.41, 5.74) is -0.893. The average Bonchev–Trinajstić information content (AvgIpc) is 2.28. The molecule has 100 valence electrons.